The Bertz CT molecular complexity index is 361. The SMILES string of the molecule is CC1=Nc2cccc(C(C)C)c2C1. The maximum Gasteiger partial charge on any atom is 0.0667 e. The maximum atomic E-state index is 4.51. The first-order chi connectivity index (χ1) is 6.18. The molecule has 0 amide bonds. The number of benzene rings is 1. The summed E-state index contributed by atoms with van der Waals surface area (Å²) in [4.78, 5) is 4.51. The molecule has 1 nitrogen and oxygen atoms in total. The van der Waals surface area contributed by atoms with Crippen LogP contribution in [0.5, 0.6) is 0 Å². The molecule has 1 aromatic rings. The van der Waals surface area contributed by atoms with E-state index in [-0.39, 0.29) is 0 Å². The summed E-state index contributed by atoms with van der Waals surface area (Å²) < 4.78 is 0. The molecule has 2 rings (SSSR count). The van der Waals surface area contributed by atoms with Crippen LogP contribution in [0.4, 0.5) is 5.69 Å². The Labute approximate surface area is 79.5 Å². The fourth-order valence-corrected chi connectivity index (χ4v) is 1.93. The minimum absolute atomic E-state index is 0.607. The number of hydrogen-bond acceptors (Lipinski definition) is 1. The van der Waals surface area contributed by atoms with E-state index in [0.717, 1.165) is 6.42 Å². The first-order valence-corrected chi connectivity index (χ1v) is 4.84. The molecule has 0 saturated heterocycles. The highest BCUT2D eigenvalue weighted by molar-refractivity contribution is 5.92. The second-order valence-corrected chi connectivity index (χ2v) is 4.02. The van der Waals surface area contributed by atoms with Gasteiger partial charge in [0, 0.05) is 12.1 Å². The summed E-state index contributed by atoms with van der Waals surface area (Å²) >= 11 is 0. The van der Waals surface area contributed by atoms with Gasteiger partial charge in [-0.2, -0.15) is 0 Å². The molecule has 1 aliphatic heterocycles. The molecule has 1 heterocycles. The zero-order valence-corrected chi connectivity index (χ0v) is 8.46. The third-order valence-corrected chi connectivity index (χ3v) is 2.55. The standard InChI is InChI=1S/C12H15N/c1-8(2)10-5-4-6-12-11(10)7-9(3)13-12/h4-6,8H,7H2,1-3H3. The number of aliphatic imine (C=N–C) groups is 1. The van der Waals surface area contributed by atoms with Crippen LogP contribution in [0.2, 0.25) is 0 Å². The van der Waals surface area contributed by atoms with Crippen molar-refractivity contribution in [3.63, 3.8) is 0 Å². The van der Waals surface area contributed by atoms with Gasteiger partial charge >= 0.3 is 0 Å². The van der Waals surface area contributed by atoms with Gasteiger partial charge in [0.25, 0.3) is 0 Å². The Kier molecular flexibility index (Phi) is 1.95. The second kappa shape index (κ2) is 2.99. The molecular formula is C12H15N. The molecule has 1 aromatic carbocycles. The van der Waals surface area contributed by atoms with Crippen molar-refractivity contribution in [3.05, 3.63) is 29.3 Å². The fourth-order valence-electron chi connectivity index (χ4n) is 1.93. The lowest BCUT2D eigenvalue weighted by molar-refractivity contribution is 0.855. The van der Waals surface area contributed by atoms with Gasteiger partial charge in [-0.15, -0.1) is 0 Å². The van der Waals surface area contributed by atoms with E-state index in [0.29, 0.717) is 5.92 Å². The van der Waals surface area contributed by atoms with Crippen molar-refractivity contribution in [3.8, 4) is 0 Å². The third-order valence-electron chi connectivity index (χ3n) is 2.55. The molecule has 0 spiro atoms. The molecule has 0 radical (unpaired) electrons. The van der Waals surface area contributed by atoms with Crippen LogP contribution in [-0.4, -0.2) is 5.71 Å². The highest BCUT2D eigenvalue weighted by Gasteiger charge is 2.16. The van der Waals surface area contributed by atoms with Crippen molar-refractivity contribution in [2.24, 2.45) is 4.99 Å². The summed E-state index contributed by atoms with van der Waals surface area (Å²) in [6, 6.07) is 6.44. The van der Waals surface area contributed by atoms with Gasteiger partial charge in [-0.1, -0.05) is 26.0 Å². The van der Waals surface area contributed by atoms with Crippen molar-refractivity contribution in [1.82, 2.24) is 0 Å². The van der Waals surface area contributed by atoms with Gasteiger partial charge in [0.05, 0.1) is 5.69 Å². The van der Waals surface area contributed by atoms with Crippen molar-refractivity contribution < 1.29 is 0 Å². The second-order valence-electron chi connectivity index (χ2n) is 4.02. The first-order valence-electron chi connectivity index (χ1n) is 4.84. The molecule has 0 bridgehead atoms. The molecule has 68 valence electrons. The first kappa shape index (κ1) is 8.49. The number of rotatable bonds is 1. The minimum Gasteiger partial charge on any atom is -0.257 e. The zero-order chi connectivity index (χ0) is 9.42. The predicted octanol–water partition coefficient (Wildman–Crippen LogP) is 3.46. The van der Waals surface area contributed by atoms with Gasteiger partial charge in [-0.25, -0.2) is 0 Å². The van der Waals surface area contributed by atoms with Crippen molar-refractivity contribution in [2.75, 3.05) is 0 Å². The Morgan fingerprint density at radius 2 is 2.08 bits per heavy atom. The normalized spacial score (nSPS) is 14.6. The molecule has 0 fully saturated rings. The molecule has 0 atom stereocenters. The van der Waals surface area contributed by atoms with E-state index < -0.39 is 0 Å². The lowest BCUT2D eigenvalue weighted by Gasteiger charge is -2.10. The maximum absolute atomic E-state index is 4.51. The highest BCUT2D eigenvalue weighted by atomic mass is 14.8. The third kappa shape index (κ3) is 1.39. The molecule has 0 unspecified atom stereocenters. The Balaban J connectivity index is 2.51. The number of nitrogens with zero attached hydrogens (tertiary/aromatic N) is 1. The highest BCUT2D eigenvalue weighted by Crippen LogP contribution is 2.32. The molecule has 13 heavy (non-hydrogen) atoms. The molecule has 1 heteroatoms. The van der Waals surface area contributed by atoms with Crippen molar-refractivity contribution in [2.45, 2.75) is 33.1 Å². The average Bonchev–Trinajstić information content (AvgIpc) is 2.43. The van der Waals surface area contributed by atoms with Crippen LogP contribution >= 0.6 is 0 Å². The molecule has 0 saturated carbocycles. The molecular weight excluding hydrogens is 158 g/mol. The van der Waals surface area contributed by atoms with Gasteiger partial charge in [-0.05, 0) is 30.0 Å². The van der Waals surface area contributed by atoms with Gasteiger partial charge < -0.3 is 0 Å². The van der Waals surface area contributed by atoms with Gasteiger partial charge in [-0.3, -0.25) is 4.99 Å². The average molecular weight is 173 g/mol. The van der Waals surface area contributed by atoms with Crippen molar-refractivity contribution >= 4 is 11.4 Å². The van der Waals surface area contributed by atoms with Gasteiger partial charge in [0.2, 0.25) is 0 Å². The smallest absolute Gasteiger partial charge is 0.0667 e. The summed E-state index contributed by atoms with van der Waals surface area (Å²) in [5.74, 6) is 0.607. The monoisotopic (exact) mass is 173 g/mol. The van der Waals surface area contributed by atoms with E-state index in [1.54, 1.807) is 0 Å². The van der Waals surface area contributed by atoms with Crippen LogP contribution < -0.4 is 0 Å². The number of fused-ring (bicyclic) bond motifs is 1. The molecule has 1 aliphatic rings. The van der Waals surface area contributed by atoms with Crippen LogP contribution in [-0.2, 0) is 6.42 Å². The van der Waals surface area contributed by atoms with E-state index in [4.69, 9.17) is 0 Å². The lowest BCUT2D eigenvalue weighted by atomic mass is 9.94. The van der Waals surface area contributed by atoms with Crippen LogP contribution in [0.1, 0.15) is 37.8 Å². The van der Waals surface area contributed by atoms with Gasteiger partial charge in [0.1, 0.15) is 0 Å². The summed E-state index contributed by atoms with van der Waals surface area (Å²) in [5.41, 5.74) is 5.32. The van der Waals surface area contributed by atoms with E-state index in [1.807, 2.05) is 0 Å². The fraction of sp³-hybridized carbons (Fsp3) is 0.417. The van der Waals surface area contributed by atoms with E-state index in [9.17, 15) is 0 Å². The summed E-state index contributed by atoms with van der Waals surface area (Å²) in [6.07, 6.45) is 1.05. The topological polar surface area (TPSA) is 12.4 Å². The van der Waals surface area contributed by atoms with Gasteiger partial charge in [0.15, 0.2) is 0 Å². The summed E-state index contributed by atoms with van der Waals surface area (Å²) in [5, 5.41) is 0. The molecule has 0 aliphatic carbocycles. The Morgan fingerprint density at radius 3 is 2.77 bits per heavy atom. The zero-order valence-electron chi connectivity index (χ0n) is 8.46. The Morgan fingerprint density at radius 1 is 1.31 bits per heavy atom. The summed E-state index contributed by atoms with van der Waals surface area (Å²) in [6.45, 7) is 6.58. The van der Waals surface area contributed by atoms with E-state index >= 15 is 0 Å². The van der Waals surface area contributed by atoms with E-state index in [2.05, 4.69) is 44.0 Å². The minimum atomic E-state index is 0.607. The van der Waals surface area contributed by atoms with Crippen LogP contribution in [0.15, 0.2) is 23.2 Å². The lowest BCUT2D eigenvalue weighted by Crippen LogP contribution is -1.96. The molecule has 0 N–H and O–H groups in total. The largest absolute Gasteiger partial charge is 0.257 e. The van der Waals surface area contributed by atoms with E-state index in [1.165, 1.54) is 22.5 Å². The van der Waals surface area contributed by atoms with Crippen LogP contribution in [0.25, 0.3) is 0 Å². The van der Waals surface area contributed by atoms with Crippen LogP contribution in [0.3, 0.4) is 0 Å². The van der Waals surface area contributed by atoms with Crippen molar-refractivity contribution in [1.29, 1.82) is 0 Å². The number of hydrogen-bond donors (Lipinski definition) is 0. The Hall–Kier alpha value is -1.11. The quantitative estimate of drug-likeness (QED) is 0.616. The van der Waals surface area contributed by atoms with Crippen LogP contribution in [0, 0.1) is 0 Å². The summed E-state index contributed by atoms with van der Waals surface area (Å²) in [7, 11) is 0. The molecule has 0 aromatic heterocycles. The predicted molar refractivity (Wildman–Crippen MR) is 57.0 cm³/mol.